The average Bonchev–Trinajstić information content (AvgIpc) is 3.20. The Bertz CT molecular complexity index is 612. The maximum atomic E-state index is 11.3. The van der Waals surface area contributed by atoms with Crippen molar-refractivity contribution < 1.29 is 14.4 Å². The van der Waals surface area contributed by atoms with E-state index < -0.39 is 5.97 Å². The number of allylic oxidation sites excluding steroid dienone is 2. The molecule has 1 aliphatic rings. The van der Waals surface area contributed by atoms with Crippen molar-refractivity contribution in [3.05, 3.63) is 24.6 Å². The van der Waals surface area contributed by atoms with Gasteiger partial charge in [0.05, 0.1) is 6.20 Å². The largest absolute Gasteiger partial charge is 0.477 e. The van der Waals surface area contributed by atoms with Crippen molar-refractivity contribution in [2.45, 2.75) is 142 Å². The van der Waals surface area contributed by atoms with E-state index in [9.17, 15) is 9.90 Å². The van der Waals surface area contributed by atoms with Crippen LogP contribution in [0.3, 0.4) is 0 Å². The average molecular weight is 477 g/mol. The molecule has 2 atom stereocenters. The highest BCUT2D eigenvalue weighted by Gasteiger charge is 2.40. The molecular weight excluding hydrogens is 422 g/mol. The van der Waals surface area contributed by atoms with Crippen LogP contribution in [0.4, 0.5) is 0 Å². The zero-order valence-corrected chi connectivity index (χ0v) is 22.4. The van der Waals surface area contributed by atoms with Crippen molar-refractivity contribution in [2.24, 2.45) is 10.7 Å². The van der Waals surface area contributed by atoms with Crippen LogP contribution in [0.2, 0.25) is 0 Å². The summed E-state index contributed by atoms with van der Waals surface area (Å²) in [6.07, 6.45) is 32.7. The van der Waals surface area contributed by atoms with Crippen LogP contribution in [0, 0.1) is 0 Å². The van der Waals surface area contributed by atoms with Crippen LogP contribution < -0.4 is 5.73 Å². The van der Waals surface area contributed by atoms with E-state index >= 15 is 0 Å². The summed E-state index contributed by atoms with van der Waals surface area (Å²) in [4.78, 5) is 15.7. The number of carboxylic acid groups (broad SMARTS) is 1. The summed E-state index contributed by atoms with van der Waals surface area (Å²) in [5, 5.41) is 9.28. The quantitative estimate of drug-likeness (QED) is 0.0889. The second kappa shape index (κ2) is 19.8. The van der Waals surface area contributed by atoms with Gasteiger partial charge in [0.1, 0.15) is 12.4 Å². The second-order valence-corrected chi connectivity index (χ2v) is 10.2. The fourth-order valence-electron chi connectivity index (χ4n) is 4.82. The lowest BCUT2D eigenvalue weighted by Gasteiger charge is -2.34. The van der Waals surface area contributed by atoms with Gasteiger partial charge in [-0.05, 0) is 32.1 Å². The SMILES string of the molecule is CCCCCCCCCCCCCC/C=C/CCCCCCC1=NC=C[N+]1(CC(=O)O)C(C)N. The monoisotopic (exact) mass is 476 g/mol. The van der Waals surface area contributed by atoms with Crippen LogP contribution in [-0.2, 0) is 4.79 Å². The number of nitrogens with zero attached hydrogens (tertiary/aromatic N) is 2. The highest BCUT2D eigenvalue weighted by molar-refractivity contribution is 5.81. The Morgan fingerprint density at radius 1 is 0.882 bits per heavy atom. The van der Waals surface area contributed by atoms with Gasteiger partial charge >= 0.3 is 5.97 Å². The Balaban J connectivity index is 1.93. The van der Waals surface area contributed by atoms with E-state index in [1.807, 2.05) is 13.1 Å². The molecule has 0 aliphatic carbocycles. The molecule has 1 heterocycles. The maximum absolute atomic E-state index is 11.3. The third-order valence-electron chi connectivity index (χ3n) is 7.07. The molecule has 1 rings (SSSR count). The number of amidine groups is 1. The summed E-state index contributed by atoms with van der Waals surface area (Å²) in [5.74, 6) is 0.0477. The second-order valence-electron chi connectivity index (χ2n) is 10.2. The van der Waals surface area contributed by atoms with Gasteiger partial charge in [0.2, 0.25) is 5.84 Å². The highest BCUT2D eigenvalue weighted by atomic mass is 16.4. The van der Waals surface area contributed by atoms with Crippen molar-refractivity contribution in [2.75, 3.05) is 6.54 Å². The predicted octanol–water partition coefficient (Wildman–Crippen LogP) is 8.06. The molecule has 1 aliphatic heterocycles. The van der Waals surface area contributed by atoms with Crippen LogP contribution in [0.5, 0.6) is 0 Å². The van der Waals surface area contributed by atoms with E-state index in [0.717, 1.165) is 25.1 Å². The van der Waals surface area contributed by atoms with E-state index in [-0.39, 0.29) is 17.2 Å². The molecule has 196 valence electrons. The van der Waals surface area contributed by atoms with Crippen LogP contribution >= 0.6 is 0 Å². The van der Waals surface area contributed by atoms with Crippen molar-refractivity contribution in [3.8, 4) is 0 Å². The Labute approximate surface area is 210 Å². The molecule has 5 nitrogen and oxygen atoms in total. The first-order valence-electron chi connectivity index (χ1n) is 14.3. The molecule has 3 N–H and O–H groups in total. The number of quaternary nitrogens is 1. The molecule has 0 saturated heterocycles. The molecule has 34 heavy (non-hydrogen) atoms. The molecule has 2 unspecified atom stereocenters. The lowest BCUT2D eigenvalue weighted by molar-refractivity contribution is -0.805. The van der Waals surface area contributed by atoms with Gasteiger partial charge in [0, 0.05) is 13.3 Å². The van der Waals surface area contributed by atoms with Crippen molar-refractivity contribution >= 4 is 11.8 Å². The highest BCUT2D eigenvalue weighted by Crippen LogP contribution is 2.23. The Hall–Kier alpha value is -1.46. The third kappa shape index (κ3) is 13.4. The first-order valence-corrected chi connectivity index (χ1v) is 14.3. The Kier molecular flexibility index (Phi) is 17.8. The molecular formula is C29H54N3O2+. The number of hydrogen-bond donors (Lipinski definition) is 2. The fourth-order valence-corrected chi connectivity index (χ4v) is 4.82. The number of nitrogens with two attached hydrogens (primary N) is 1. The molecule has 0 aromatic carbocycles. The minimum atomic E-state index is -0.841. The smallest absolute Gasteiger partial charge is 0.360 e. The van der Waals surface area contributed by atoms with Gasteiger partial charge < -0.3 is 5.11 Å². The molecule has 0 bridgehead atoms. The van der Waals surface area contributed by atoms with Gasteiger partial charge in [0.25, 0.3) is 0 Å². The van der Waals surface area contributed by atoms with Crippen molar-refractivity contribution in [3.63, 3.8) is 0 Å². The first-order chi connectivity index (χ1) is 16.5. The summed E-state index contributed by atoms with van der Waals surface area (Å²) in [6, 6.07) is 0. The molecule has 0 amide bonds. The number of aliphatic carboxylic acids is 1. The van der Waals surface area contributed by atoms with Gasteiger partial charge in [-0.1, -0.05) is 103 Å². The molecule has 0 aromatic heterocycles. The summed E-state index contributed by atoms with van der Waals surface area (Å²) >= 11 is 0. The van der Waals surface area contributed by atoms with Gasteiger partial charge in [-0.15, -0.1) is 0 Å². The molecule has 0 radical (unpaired) electrons. The molecule has 0 fully saturated rings. The molecule has 0 saturated carbocycles. The van der Waals surface area contributed by atoms with Gasteiger partial charge in [-0.25, -0.2) is 14.3 Å². The number of carboxylic acids is 1. The summed E-state index contributed by atoms with van der Waals surface area (Å²) in [5.41, 5.74) is 6.12. The van der Waals surface area contributed by atoms with E-state index in [1.165, 1.54) is 103 Å². The third-order valence-corrected chi connectivity index (χ3v) is 7.07. The van der Waals surface area contributed by atoms with E-state index in [4.69, 9.17) is 5.73 Å². The summed E-state index contributed by atoms with van der Waals surface area (Å²) < 4.78 is 0.164. The standard InChI is InChI=1S/C29H53N3O2/c1-3-4-5-6-7-8-9-10-11-12-13-14-15-16-17-18-19-20-21-22-23-28-31-24-25-32(28,27(2)30)26-29(33)34/h16-17,24-25,27H,3-15,18-23,26,30H2,1-2H3/p+1/b17-16+. The lowest BCUT2D eigenvalue weighted by Crippen LogP contribution is -2.59. The summed E-state index contributed by atoms with van der Waals surface area (Å²) in [7, 11) is 0. The van der Waals surface area contributed by atoms with Crippen LogP contribution in [0.25, 0.3) is 0 Å². The topological polar surface area (TPSA) is 75.7 Å². The Morgan fingerprint density at radius 2 is 1.35 bits per heavy atom. The zero-order chi connectivity index (χ0) is 24.9. The molecule has 0 spiro atoms. The predicted molar refractivity (Wildman–Crippen MR) is 146 cm³/mol. The Morgan fingerprint density at radius 3 is 1.82 bits per heavy atom. The first kappa shape index (κ1) is 30.6. The zero-order valence-electron chi connectivity index (χ0n) is 22.4. The number of unbranched alkanes of at least 4 members (excludes halogenated alkanes) is 16. The minimum absolute atomic E-state index is 0.0308. The normalized spacial score (nSPS) is 18.6. The van der Waals surface area contributed by atoms with Crippen molar-refractivity contribution in [1.29, 1.82) is 0 Å². The molecule has 0 aromatic rings. The van der Waals surface area contributed by atoms with Gasteiger partial charge in [-0.2, -0.15) is 0 Å². The number of rotatable bonds is 23. The van der Waals surface area contributed by atoms with Gasteiger partial charge in [0.15, 0.2) is 6.54 Å². The van der Waals surface area contributed by atoms with Crippen LogP contribution in [0.1, 0.15) is 136 Å². The fraction of sp³-hybridized carbons (Fsp3) is 0.793. The number of carbonyl (C=O) groups is 1. The molecule has 5 heteroatoms. The minimum Gasteiger partial charge on any atom is -0.477 e. The van der Waals surface area contributed by atoms with E-state index in [2.05, 4.69) is 24.1 Å². The van der Waals surface area contributed by atoms with Crippen LogP contribution in [0.15, 0.2) is 29.5 Å². The number of aliphatic imine (C=N–C) groups is 1. The summed E-state index contributed by atoms with van der Waals surface area (Å²) in [6.45, 7) is 4.11. The number of hydrogen-bond acceptors (Lipinski definition) is 3. The maximum Gasteiger partial charge on any atom is 0.360 e. The van der Waals surface area contributed by atoms with Gasteiger partial charge in [-0.3, -0.25) is 5.73 Å². The van der Waals surface area contributed by atoms with Crippen LogP contribution in [-0.4, -0.2) is 34.1 Å². The van der Waals surface area contributed by atoms with Crippen molar-refractivity contribution in [1.82, 2.24) is 0 Å². The van der Waals surface area contributed by atoms with E-state index in [0.29, 0.717) is 0 Å². The van der Waals surface area contributed by atoms with E-state index in [1.54, 1.807) is 6.20 Å². The lowest BCUT2D eigenvalue weighted by atomic mass is 10.0.